The Labute approximate surface area is 795 Å². The van der Waals surface area contributed by atoms with Gasteiger partial charge in [0.05, 0.1) is 44.2 Å². The van der Waals surface area contributed by atoms with Crippen LogP contribution in [0.4, 0.5) is 14.0 Å². The first-order valence-corrected chi connectivity index (χ1v) is 52.5. The first-order chi connectivity index (χ1) is 65.2. The normalized spacial score (nSPS) is 25.1. The van der Waals surface area contributed by atoms with Gasteiger partial charge in [0, 0.05) is 156 Å². The Morgan fingerprint density at radius 2 is 0.687 bits per heavy atom. The first-order valence-electron chi connectivity index (χ1n) is 49.5. The molecule has 19 rings (SSSR count). The van der Waals surface area contributed by atoms with E-state index in [1.807, 2.05) is 35.2 Å². The lowest BCUT2D eigenvalue weighted by molar-refractivity contribution is -0.0668. The van der Waals surface area contributed by atoms with E-state index in [-0.39, 0.29) is 89.9 Å². The van der Waals surface area contributed by atoms with Crippen molar-refractivity contribution in [2.75, 3.05) is 132 Å². The number of urea groups is 2. The Hall–Kier alpha value is -9.25. The molecule has 2 saturated carbocycles. The van der Waals surface area contributed by atoms with Crippen molar-refractivity contribution < 1.29 is 55.2 Å². The molecule has 24 heteroatoms. The van der Waals surface area contributed by atoms with E-state index in [9.17, 15) is 41.0 Å². The van der Waals surface area contributed by atoms with Crippen molar-refractivity contribution in [3.8, 4) is 50.3 Å². The van der Waals surface area contributed by atoms with Crippen LogP contribution in [0.2, 0.25) is 0 Å². The number of rotatable bonds is 21. The van der Waals surface area contributed by atoms with Crippen LogP contribution >= 0.6 is 0 Å². The third-order valence-corrected chi connectivity index (χ3v) is 34.6. The molecule has 8 aliphatic heterocycles. The lowest BCUT2D eigenvalue weighted by Crippen LogP contribution is -2.68. The van der Waals surface area contributed by atoms with Crippen LogP contribution in [0.3, 0.4) is 0 Å². The van der Waals surface area contributed by atoms with Crippen LogP contribution in [0.25, 0.3) is 44.5 Å². The number of methoxy groups -OCH3 is 3. The molecule has 0 bridgehead atoms. The van der Waals surface area contributed by atoms with Gasteiger partial charge in [0.15, 0.2) is 0 Å². The molecule has 2 aliphatic carbocycles. The zero-order valence-electron chi connectivity index (χ0n) is 79.5. The number of hydrogen-bond acceptors (Lipinski definition) is 15. The average Bonchev–Trinajstić information content (AvgIpc) is 0.825. The highest BCUT2D eigenvalue weighted by molar-refractivity contribution is 7.89. The molecular formula is C110H141FN10O11S2. The highest BCUT2D eigenvalue weighted by Gasteiger charge is 2.55. The van der Waals surface area contributed by atoms with Crippen LogP contribution in [0.5, 0.6) is 5.75 Å². The summed E-state index contributed by atoms with van der Waals surface area (Å²) in [6.45, 7) is 18.8. The fraction of sp³-hybridized carbons (Fsp3) is 0.491. The van der Waals surface area contributed by atoms with Crippen molar-refractivity contribution in [3.05, 3.63) is 263 Å². The molecule has 10 aliphatic rings. The average molecular weight is 1860 g/mol. The number of fused-ring (bicyclic) bond motifs is 4. The van der Waals surface area contributed by atoms with Gasteiger partial charge >= 0.3 is 12.1 Å². The number of aliphatic hydroxyl groups excluding tert-OH is 2. The number of ether oxygens (including phenoxy) is 3. The number of carbonyl (C=O) groups excluding carboxylic acids is 2. The summed E-state index contributed by atoms with van der Waals surface area (Å²) in [5.74, 6) is 1.47. The van der Waals surface area contributed by atoms with Gasteiger partial charge in [-0.15, -0.1) is 0 Å². The summed E-state index contributed by atoms with van der Waals surface area (Å²) < 4.78 is 85.6. The van der Waals surface area contributed by atoms with Crippen LogP contribution < -0.4 is 15.4 Å². The van der Waals surface area contributed by atoms with Gasteiger partial charge in [-0.1, -0.05) is 214 Å². The smallest absolute Gasteiger partial charge is 0.317 e. The number of carbonyl (C=O) groups is 2. The molecule has 0 spiro atoms. The maximum Gasteiger partial charge on any atom is 0.317 e. The minimum absolute atomic E-state index is 0.0589. The SMILES string of the molecule is CCS(=O)(=O)N1CCCCN2[C@H](CO)[C@@H](c3ccc(-c4ccccc4C)cc3)[C@@H]2C1.COC[C@@H]1[C@@H](c2ccc(-c3ccccc3C)cc2)[C@@H]2CN(S(=O)(=O)c3ccc(F)cc3)CCCCN12.COC[C@@H]1[C@H](c2ccc(-c3ccccc3C)cc2)[C@@H]2CN(C(=O)NC3CCCC3)CCCCN12.COc1ccccc1-c1ccc([C@H]2[C@@H](CO)N3CCCCN(C(=O)NC4CCCC4)C[C@H]23)cc1. The van der Waals surface area contributed by atoms with Crippen molar-refractivity contribution in [1.82, 2.24) is 48.6 Å². The molecule has 0 radical (unpaired) electrons. The fourth-order valence-electron chi connectivity index (χ4n) is 23.6. The summed E-state index contributed by atoms with van der Waals surface area (Å²) >= 11 is 0. The number of sulfonamides is 2. The summed E-state index contributed by atoms with van der Waals surface area (Å²) in [7, 11) is -1.71. The summed E-state index contributed by atoms with van der Waals surface area (Å²) in [6, 6.07) is 76.0. The molecule has 10 fully saturated rings. The standard InChI is InChI=1S/C29H33FN2O3S.C29H39N3O2.C28H37N3O3.C24H32N2O3S/c1-21-7-3-4-8-26(21)22-9-11-23(12-10-22)29-27-19-31(17-5-6-18-32(27)28(29)20-35-2)36(33,34)25-15-13-24(30)14-16-25;1-21-9-3-6-12-25(21)22-13-15-23(16-14-22)28-26-19-31(29(33)30-24-10-4-5-11-24)17-7-8-18-32(26)27(28)20-34-2;1-34-26-11-5-4-10-23(26)20-12-14-21(15-13-20)27-24-18-30(28(33)29-22-8-2-3-9-22)16-6-7-17-31(24)25(27)19-32;1-3-30(28,29)25-14-6-7-15-26-22(16-25)24(23(26)17-27)20-12-10-19(11-13-20)21-9-5-4-8-18(21)2/h3-4,7-16,27-29H,5-6,17-20H2,1-2H3;3,6,9,12-16,24,26-28H,4-5,7-8,10-11,17-20H2,1-2H3,(H,30,33);4-5,10-15,22,24-25,27,32H,2-3,6-9,16-19H2,1H3,(H,29,33);4-5,8-13,22-24,27H,3,6-7,14-17H2,1-2H3/t27-,28+,29-;26-,27+,28+;24-,25-,27-;22-,23+,24-/m0010/s1. The van der Waals surface area contributed by atoms with Crippen LogP contribution in [0, 0.1) is 26.6 Å². The van der Waals surface area contributed by atoms with E-state index in [1.165, 1.54) is 122 Å². The molecule has 4 amide bonds. The summed E-state index contributed by atoms with van der Waals surface area (Å²) in [4.78, 5) is 40.2. The van der Waals surface area contributed by atoms with Gasteiger partial charge in [0.25, 0.3) is 0 Å². The number of halogens is 1. The van der Waals surface area contributed by atoms with E-state index in [0.29, 0.717) is 69.4 Å². The van der Waals surface area contributed by atoms with E-state index >= 15 is 0 Å². The maximum absolute atomic E-state index is 13.5. The molecule has 134 heavy (non-hydrogen) atoms. The predicted octanol–water partition coefficient (Wildman–Crippen LogP) is 17.7. The van der Waals surface area contributed by atoms with E-state index in [0.717, 1.165) is 146 Å². The van der Waals surface area contributed by atoms with Crippen molar-refractivity contribution in [1.29, 1.82) is 0 Å². The van der Waals surface area contributed by atoms with Gasteiger partial charge in [0.1, 0.15) is 11.6 Å². The number of nitrogens with zero attached hydrogens (tertiary/aromatic N) is 8. The number of nitrogens with one attached hydrogen (secondary N) is 2. The molecule has 716 valence electrons. The summed E-state index contributed by atoms with van der Waals surface area (Å²) in [6.07, 6.45) is 17.2. The molecule has 0 aromatic heterocycles. The number of benzene rings is 9. The lowest BCUT2D eigenvalue weighted by atomic mass is 9.74. The van der Waals surface area contributed by atoms with Crippen molar-refractivity contribution in [3.63, 3.8) is 0 Å². The third kappa shape index (κ3) is 22.0. The Morgan fingerprint density at radius 1 is 0.373 bits per heavy atom. The molecule has 0 unspecified atom stereocenters. The zero-order chi connectivity index (χ0) is 93.6. The second-order valence-corrected chi connectivity index (χ2v) is 42.9. The van der Waals surface area contributed by atoms with E-state index in [1.54, 1.807) is 36.9 Å². The lowest BCUT2D eigenvalue weighted by Gasteiger charge is -2.57. The molecule has 9 aromatic carbocycles. The maximum atomic E-state index is 13.5. The molecule has 12 atom stereocenters. The van der Waals surface area contributed by atoms with Crippen molar-refractivity contribution in [2.24, 2.45) is 0 Å². The highest BCUT2D eigenvalue weighted by Crippen LogP contribution is 2.49. The minimum Gasteiger partial charge on any atom is -0.496 e. The Bertz CT molecular complexity index is 5580. The molecule has 4 N–H and O–H groups in total. The van der Waals surface area contributed by atoms with Crippen LogP contribution in [0.1, 0.15) is 172 Å². The number of aryl methyl sites for hydroxylation is 3. The number of hydrogen-bond donors (Lipinski definition) is 4. The second kappa shape index (κ2) is 45.4. The van der Waals surface area contributed by atoms with Crippen molar-refractivity contribution >= 4 is 32.1 Å². The third-order valence-electron chi connectivity index (χ3n) is 30.8. The van der Waals surface area contributed by atoms with Gasteiger partial charge in [-0.25, -0.2) is 35.1 Å². The molecule has 8 saturated heterocycles. The molecule has 21 nitrogen and oxygen atoms in total. The van der Waals surface area contributed by atoms with Crippen LogP contribution in [0.15, 0.2) is 223 Å². The van der Waals surface area contributed by atoms with Crippen molar-refractivity contribution in [2.45, 2.75) is 219 Å². The number of aliphatic hydroxyl groups is 2. The Balaban J connectivity index is 0.000000130. The van der Waals surface area contributed by atoms with Crippen LogP contribution in [-0.4, -0.2) is 270 Å². The van der Waals surface area contributed by atoms with Gasteiger partial charge in [-0.05, 0) is 239 Å². The molecule has 9 aromatic rings. The number of para-hydroxylation sites is 1. The minimum atomic E-state index is -3.71. The second-order valence-electron chi connectivity index (χ2n) is 38.7. The quantitative estimate of drug-likeness (QED) is 0.0526. The summed E-state index contributed by atoms with van der Waals surface area (Å²) in [5.41, 5.74) is 18.3. The Morgan fingerprint density at radius 3 is 1.04 bits per heavy atom. The Kier molecular flexibility index (Phi) is 33.1. The van der Waals surface area contributed by atoms with E-state index in [4.69, 9.17) is 14.2 Å². The van der Waals surface area contributed by atoms with Gasteiger partial charge in [0.2, 0.25) is 20.0 Å². The molecule has 8 heterocycles. The zero-order valence-corrected chi connectivity index (χ0v) is 81.2. The fourth-order valence-corrected chi connectivity index (χ4v) is 26.2. The van der Waals surface area contributed by atoms with Crippen LogP contribution in [-0.2, 0) is 29.5 Å². The predicted molar refractivity (Wildman–Crippen MR) is 532 cm³/mol. The van der Waals surface area contributed by atoms with Gasteiger partial charge < -0.3 is 44.9 Å². The summed E-state index contributed by atoms with van der Waals surface area (Å²) in [5, 5.41) is 26.9. The molecular weight excluding hydrogens is 1720 g/mol. The van der Waals surface area contributed by atoms with E-state index < -0.39 is 25.9 Å². The van der Waals surface area contributed by atoms with Gasteiger partial charge in [-0.3, -0.25) is 19.6 Å². The topological polar surface area (TPSA) is 221 Å². The monoisotopic (exact) mass is 1860 g/mol. The first kappa shape index (κ1) is 97.8. The number of amides is 4. The van der Waals surface area contributed by atoms with Gasteiger partial charge in [-0.2, -0.15) is 4.31 Å². The van der Waals surface area contributed by atoms with E-state index in [2.05, 4.69) is 220 Å². The highest BCUT2D eigenvalue weighted by atomic mass is 32.2. The largest absolute Gasteiger partial charge is 0.496 e.